The molecular formula is C13H19N3O. The Bertz CT molecular complexity index is 345. The van der Waals surface area contributed by atoms with Crippen molar-refractivity contribution in [3.05, 3.63) is 30.3 Å². The smallest absolute Gasteiger partial charge is 0.0936 e. The Kier molecular flexibility index (Phi) is 3.27. The second kappa shape index (κ2) is 5.04. The first-order valence-electron chi connectivity index (χ1n) is 6.31. The molecule has 0 aromatic heterocycles. The Balaban J connectivity index is 1.44. The van der Waals surface area contributed by atoms with Gasteiger partial charge in [0.05, 0.1) is 12.7 Å². The highest BCUT2D eigenvalue weighted by molar-refractivity contribution is 5.41. The van der Waals surface area contributed by atoms with Crippen molar-refractivity contribution >= 4 is 5.69 Å². The third kappa shape index (κ3) is 3.19. The summed E-state index contributed by atoms with van der Waals surface area (Å²) in [5.41, 5.74) is 4.62. The average molecular weight is 233 g/mol. The number of hydrazine groups is 1. The number of hydrogen-bond donors (Lipinski definition) is 1. The van der Waals surface area contributed by atoms with Crippen molar-refractivity contribution in [1.29, 1.82) is 0 Å². The highest BCUT2D eigenvalue weighted by Crippen LogP contribution is 2.13. The predicted octanol–water partition coefficient (Wildman–Crippen LogP) is 1.03. The van der Waals surface area contributed by atoms with Gasteiger partial charge in [-0.1, -0.05) is 18.2 Å². The highest BCUT2D eigenvalue weighted by Gasteiger charge is 2.27. The number of anilines is 1. The zero-order valence-corrected chi connectivity index (χ0v) is 10.0. The van der Waals surface area contributed by atoms with E-state index >= 15 is 0 Å². The molecule has 1 unspecified atom stereocenters. The highest BCUT2D eigenvalue weighted by atomic mass is 16.6. The van der Waals surface area contributed by atoms with E-state index < -0.39 is 0 Å². The van der Waals surface area contributed by atoms with Crippen molar-refractivity contribution < 1.29 is 4.74 Å². The van der Waals surface area contributed by atoms with Gasteiger partial charge in [0.15, 0.2) is 0 Å². The Labute approximate surface area is 102 Å². The van der Waals surface area contributed by atoms with Crippen molar-refractivity contribution in [2.75, 3.05) is 44.8 Å². The van der Waals surface area contributed by atoms with E-state index in [9.17, 15) is 0 Å². The molecule has 0 aliphatic carbocycles. The number of para-hydroxylation sites is 1. The molecule has 2 aliphatic heterocycles. The number of epoxide rings is 1. The summed E-state index contributed by atoms with van der Waals surface area (Å²) < 4.78 is 5.26. The van der Waals surface area contributed by atoms with Gasteiger partial charge in [-0.15, -0.1) is 0 Å². The lowest BCUT2D eigenvalue weighted by molar-refractivity contribution is 0.143. The molecule has 92 valence electrons. The predicted molar refractivity (Wildman–Crippen MR) is 67.8 cm³/mol. The average Bonchev–Trinajstić information content (AvgIpc) is 3.17. The van der Waals surface area contributed by atoms with E-state index in [4.69, 9.17) is 4.74 Å². The summed E-state index contributed by atoms with van der Waals surface area (Å²) in [5, 5.41) is 2.29. The van der Waals surface area contributed by atoms with Gasteiger partial charge in [0.1, 0.15) is 0 Å². The van der Waals surface area contributed by atoms with Crippen molar-refractivity contribution in [2.45, 2.75) is 6.10 Å². The Morgan fingerprint density at radius 3 is 2.47 bits per heavy atom. The van der Waals surface area contributed by atoms with Crippen LogP contribution in [0.4, 0.5) is 5.69 Å². The lowest BCUT2D eigenvalue weighted by atomic mass is 10.3. The first-order valence-corrected chi connectivity index (χ1v) is 6.31. The van der Waals surface area contributed by atoms with Gasteiger partial charge in [0, 0.05) is 38.4 Å². The lowest BCUT2D eigenvalue weighted by Gasteiger charge is -2.34. The molecule has 1 atom stereocenters. The number of piperazine rings is 1. The molecule has 2 aliphatic rings. The van der Waals surface area contributed by atoms with E-state index in [1.165, 1.54) is 5.69 Å². The normalized spacial score (nSPS) is 25.8. The SMILES string of the molecule is c1ccc(NN2CCN(CC3CO3)CC2)cc1. The Hall–Kier alpha value is -1.10. The van der Waals surface area contributed by atoms with Crippen LogP contribution in [-0.4, -0.2) is 55.3 Å². The molecule has 3 rings (SSSR count). The molecule has 0 radical (unpaired) electrons. The topological polar surface area (TPSA) is 31.0 Å². The van der Waals surface area contributed by atoms with E-state index in [0.717, 1.165) is 39.3 Å². The molecule has 0 spiro atoms. The minimum atomic E-state index is 0.517. The number of nitrogens with zero attached hydrogens (tertiary/aromatic N) is 2. The van der Waals surface area contributed by atoms with Gasteiger partial charge >= 0.3 is 0 Å². The summed E-state index contributed by atoms with van der Waals surface area (Å²) in [6.45, 7) is 6.46. The molecule has 17 heavy (non-hydrogen) atoms. The quantitative estimate of drug-likeness (QED) is 0.787. The van der Waals surface area contributed by atoms with Crippen molar-refractivity contribution in [2.24, 2.45) is 0 Å². The molecule has 4 heteroatoms. The summed E-state index contributed by atoms with van der Waals surface area (Å²) in [6, 6.07) is 10.4. The van der Waals surface area contributed by atoms with E-state index in [0.29, 0.717) is 6.10 Å². The van der Waals surface area contributed by atoms with Crippen LogP contribution in [0.1, 0.15) is 0 Å². The minimum absolute atomic E-state index is 0.517. The minimum Gasteiger partial charge on any atom is -0.372 e. The third-order valence-corrected chi connectivity index (χ3v) is 3.30. The number of hydrogen-bond acceptors (Lipinski definition) is 4. The molecule has 0 bridgehead atoms. The van der Waals surface area contributed by atoms with Crippen LogP contribution in [0.2, 0.25) is 0 Å². The number of nitrogens with one attached hydrogen (secondary N) is 1. The van der Waals surface area contributed by atoms with E-state index in [-0.39, 0.29) is 0 Å². The van der Waals surface area contributed by atoms with Gasteiger partial charge in [-0.05, 0) is 12.1 Å². The third-order valence-electron chi connectivity index (χ3n) is 3.30. The van der Waals surface area contributed by atoms with Crippen LogP contribution in [0, 0.1) is 0 Å². The lowest BCUT2D eigenvalue weighted by Crippen LogP contribution is -2.49. The number of benzene rings is 1. The molecule has 2 saturated heterocycles. The van der Waals surface area contributed by atoms with Gasteiger partial charge in [0.2, 0.25) is 0 Å². The van der Waals surface area contributed by atoms with Gasteiger partial charge in [-0.3, -0.25) is 4.90 Å². The summed E-state index contributed by atoms with van der Waals surface area (Å²) in [5.74, 6) is 0. The Morgan fingerprint density at radius 1 is 1.12 bits per heavy atom. The molecule has 1 aromatic rings. The monoisotopic (exact) mass is 233 g/mol. The summed E-state index contributed by atoms with van der Waals surface area (Å²) >= 11 is 0. The van der Waals surface area contributed by atoms with Crippen LogP contribution < -0.4 is 5.43 Å². The number of rotatable bonds is 4. The van der Waals surface area contributed by atoms with E-state index in [1.54, 1.807) is 0 Å². The summed E-state index contributed by atoms with van der Waals surface area (Å²) in [6.07, 6.45) is 0.517. The van der Waals surface area contributed by atoms with Crippen molar-refractivity contribution in [1.82, 2.24) is 9.91 Å². The first kappa shape index (κ1) is 11.0. The second-order valence-corrected chi connectivity index (χ2v) is 4.72. The van der Waals surface area contributed by atoms with E-state index in [2.05, 4.69) is 39.6 Å². The maximum Gasteiger partial charge on any atom is 0.0936 e. The maximum atomic E-state index is 5.26. The van der Waals surface area contributed by atoms with Gasteiger partial charge in [-0.2, -0.15) is 0 Å². The molecule has 0 saturated carbocycles. The Morgan fingerprint density at radius 2 is 1.82 bits per heavy atom. The molecule has 0 amide bonds. The van der Waals surface area contributed by atoms with Gasteiger partial charge in [-0.25, -0.2) is 5.01 Å². The largest absolute Gasteiger partial charge is 0.372 e. The second-order valence-electron chi connectivity index (χ2n) is 4.72. The van der Waals surface area contributed by atoms with Gasteiger partial charge < -0.3 is 10.2 Å². The summed E-state index contributed by atoms with van der Waals surface area (Å²) in [7, 11) is 0. The molecule has 2 heterocycles. The fourth-order valence-electron chi connectivity index (χ4n) is 2.20. The fraction of sp³-hybridized carbons (Fsp3) is 0.538. The number of ether oxygens (including phenoxy) is 1. The van der Waals surface area contributed by atoms with Crippen LogP contribution in [-0.2, 0) is 4.74 Å². The van der Waals surface area contributed by atoms with Crippen LogP contribution in [0.3, 0.4) is 0 Å². The molecule has 4 nitrogen and oxygen atoms in total. The van der Waals surface area contributed by atoms with E-state index in [1.807, 2.05) is 6.07 Å². The maximum absolute atomic E-state index is 5.26. The zero-order valence-electron chi connectivity index (χ0n) is 10.0. The fourth-order valence-corrected chi connectivity index (χ4v) is 2.20. The first-order chi connectivity index (χ1) is 8.40. The van der Waals surface area contributed by atoms with Crippen LogP contribution >= 0.6 is 0 Å². The van der Waals surface area contributed by atoms with Crippen molar-refractivity contribution in [3.8, 4) is 0 Å². The molecule has 1 aromatic carbocycles. The van der Waals surface area contributed by atoms with Crippen LogP contribution in [0.15, 0.2) is 30.3 Å². The van der Waals surface area contributed by atoms with Gasteiger partial charge in [0.25, 0.3) is 0 Å². The molecular weight excluding hydrogens is 214 g/mol. The standard InChI is InChI=1S/C13H19N3O/c1-2-4-12(5-3-1)14-16-8-6-15(7-9-16)10-13-11-17-13/h1-5,13-14H,6-11H2. The van der Waals surface area contributed by atoms with Crippen LogP contribution in [0.5, 0.6) is 0 Å². The molecule has 2 fully saturated rings. The summed E-state index contributed by atoms with van der Waals surface area (Å²) in [4.78, 5) is 2.49. The zero-order chi connectivity index (χ0) is 11.5. The van der Waals surface area contributed by atoms with Crippen molar-refractivity contribution in [3.63, 3.8) is 0 Å². The van der Waals surface area contributed by atoms with Crippen LogP contribution in [0.25, 0.3) is 0 Å². The molecule has 1 N–H and O–H groups in total.